The molecule has 1 aliphatic carbocycles. The minimum Gasteiger partial charge on any atom is -0.355 e. The molecule has 1 aliphatic rings. The summed E-state index contributed by atoms with van der Waals surface area (Å²) in [7, 11) is 0. The van der Waals surface area contributed by atoms with Gasteiger partial charge in [0, 0.05) is 25.0 Å². The van der Waals surface area contributed by atoms with Crippen molar-refractivity contribution in [1.82, 2.24) is 10.6 Å². The maximum atomic E-state index is 11.2. The maximum absolute atomic E-state index is 11.2. The van der Waals surface area contributed by atoms with Crippen molar-refractivity contribution < 1.29 is 4.79 Å². The summed E-state index contributed by atoms with van der Waals surface area (Å²) < 4.78 is 0. The first-order valence-corrected chi connectivity index (χ1v) is 5.62. The highest BCUT2D eigenvalue weighted by atomic mass is 16.2. The third-order valence-corrected chi connectivity index (χ3v) is 2.84. The second-order valence-corrected chi connectivity index (χ2v) is 4.55. The zero-order valence-corrected chi connectivity index (χ0v) is 9.47. The number of hydrogen-bond acceptors (Lipinski definition) is 2. The molecular formula is C11H22N2O. The fraction of sp³-hybridized carbons (Fsp3) is 0.909. The van der Waals surface area contributed by atoms with Crippen LogP contribution in [0.5, 0.6) is 0 Å². The Morgan fingerprint density at radius 2 is 1.93 bits per heavy atom. The summed E-state index contributed by atoms with van der Waals surface area (Å²) in [6, 6.07) is 0.521. The summed E-state index contributed by atoms with van der Waals surface area (Å²) in [5, 5.41) is 6.32. The molecule has 2 N–H and O–H groups in total. The summed E-state index contributed by atoms with van der Waals surface area (Å²) in [6.07, 6.45) is 2.17. The quantitative estimate of drug-likeness (QED) is 0.629. The van der Waals surface area contributed by atoms with Crippen LogP contribution in [-0.2, 0) is 4.79 Å². The zero-order valence-electron chi connectivity index (χ0n) is 9.47. The molecule has 0 aromatic carbocycles. The lowest BCUT2D eigenvalue weighted by Crippen LogP contribution is -2.38. The van der Waals surface area contributed by atoms with E-state index in [1.165, 1.54) is 0 Å². The van der Waals surface area contributed by atoms with E-state index >= 15 is 0 Å². The van der Waals surface area contributed by atoms with Gasteiger partial charge in [0.2, 0.25) is 5.91 Å². The average Bonchev–Trinajstić information content (AvgIpc) is 2.94. The van der Waals surface area contributed by atoms with Gasteiger partial charge in [-0.3, -0.25) is 4.79 Å². The van der Waals surface area contributed by atoms with Crippen LogP contribution < -0.4 is 10.6 Å². The number of hydrogen-bond donors (Lipinski definition) is 2. The van der Waals surface area contributed by atoms with Gasteiger partial charge >= 0.3 is 0 Å². The lowest BCUT2D eigenvalue weighted by Gasteiger charge is -2.17. The van der Waals surface area contributed by atoms with Gasteiger partial charge in [0.15, 0.2) is 0 Å². The van der Waals surface area contributed by atoms with Crippen molar-refractivity contribution >= 4 is 5.91 Å². The standard InChI is InChI=1S/C11H22N2O/c1-8(2)9(3)12-6-7-13-11(14)10-4-5-10/h8-10,12H,4-7H2,1-3H3,(H,13,14)/t9-/m1/s1. The van der Waals surface area contributed by atoms with Crippen LogP contribution >= 0.6 is 0 Å². The first-order valence-electron chi connectivity index (χ1n) is 5.62. The molecule has 0 aromatic heterocycles. The molecule has 1 saturated carbocycles. The van der Waals surface area contributed by atoms with E-state index in [0.29, 0.717) is 17.9 Å². The Balaban J connectivity index is 1.95. The topological polar surface area (TPSA) is 41.1 Å². The number of carbonyl (C=O) groups excluding carboxylic acids is 1. The van der Waals surface area contributed by atoms with Gasteiger partial charge in [-0.2, -0.15) is 0 Å². The first-order chi connectivity index (χ1) is 6.61. The van der Waals surface area contributed by atoms with Crippen molar-refractivity contribution in [2.75, 3.05) is 13.1 Å². The largest absolute Gasteiger partial charge is 0.355 e. The molecule has 0 spiro atoms. The molecular weight excluding hydrogens is 176 g/mol. The van der Waals surface area contributed by atoms with Crippen molar-refractivity contribution in [3.8, 4) is 0 Å². The molecule has 1 fully saturated rings. The molecule has 82 valence electrons. The van der Waals surface area contributed by atoms with E-state index in [-0.39, 0.29) is 5.91 Å². The number of carbonyl (C=O) groups is 1. The Morgan fingerprint density at radius 3 is 2.43 bits per heavy atom. The van der Waals surface area contributed by atoms with Crippen LogP contribution in [0.1, 0.15) is 33.6 Å². The predicted molar refractivity (Wildman–Crippen MR) is 58.0 cm³/mol. The molecule has 0 radical (unpaired) electrons. The van der Waals surface area contributed by atoms with Gasteiger partial charge < -0.3 is 10.6 Å². The maximum Gasteiger partial charge on any atom is 0.223 e. The summed E-state index contributed by atoms with van der Waals surface area (Å²) in [4.78, 5) is 11.2. The monoisotopic (exact) mass is 198 g/mol. The fourth-order valence-corrected chi connectivity index (χ4v) is 1.21. The molecule has 0 saturated heterocycles. The van der Waals surface area contributed by atoms with Crippen LogP contribution in [0.3, 0.4) is 0 Å². The number of rotatable bonds is 6. The second kappa shape index (κ2) is 5.35. The van der Waals surface area contributed by atoms with Gasteiger partial charge in [-0.05, 0) is 25.7 Å². The predicted octanol–water partition coefficient (Wildman–Crippen LogP) is 1.15. The van der Waals surface area contributed by atoms with Crippen molar-refractivity contribution in [2.45, 2.75) is 39.7 Å². The second-order valence-electron chi connectivity index (χ2n) is 4.55. The lowest BCUT2D eigenvalue weighted by atomic mass is 10.1. The molecule has 3 nitrogen and oxygen atoms in total. The molecule has 1 amide bonds. The number of amides is 1. The molecule has 0 unspecified atom stereocenters. The van der Waals surface area contributed by atoms with Crippen molar-refractivity contribution in [1.29, 1.82) is 0 Å². The van der Waals surface area contributed by atoms with Crippen LogP contribution in [0.2, 0.25) is 0 Å². The van der Waals surface area contributed by atoms with Crippen LogP contribution in [0.15, 0.2) is 0 Å². The SMILES string of the molecule is CC(C)[C@@H](C)NCCNC(=O)C1CC1. The van der Waals surface area contributed by atoms with E-state index in [1.54, 1.807) is 0 Å². The molecule has 0 aliphatic heterocycles. The van der Waals surface area contributed by atoms with E-state index in [0.717, 1.165) is 25.9 Å². The summed E-state index contributed by atoms with van der Waals surface area (Å²) in [6.45, 7) is 8.19. The molecule has 1 atom stereocenters. The van der Waals surface area contributed by atoms with Crippen LogP contribution in [0.25, 0.3) is 0 Å². The van der Waals surface area contributed by atoms with Crippen LogP contribution in [0.4, 0.5) is 0 Å². The molecule has 0 aromatic rings. The molecule has 0 bridgehead atoms. The van der Waals surface area contributed by atoms with E-state index in [2.05, 4.69) is 31.4 Å². The normalized spacial score (nSPS) is 18.3. The highest BCUT2D eigenvalue weighted by Gasteiger charge is 2.28. The minimum atomic E-state index is 0.240. The van der Waals surface area contributed by atoms with Crippen molar-refractivity contribution in [2.24, 2.45) is 11.8 Å². The first kappa shape index (κ1) is 11.5. The molecule has 14 heavy (non-hydrogen) atoms. The van der Waals surface area contributed by atoms with E-state index in [1.807, 2.05) is 0 Å². The summed E-state index contributed by atoms with van der Waals surface area (Å²) in [5.41, 5.74) is 0. The van der Waals surface area contributed by atoms with Crippen molar-refractivity contribution in [3.63, 3.8) is 0 Å². The van der Waals surface area contributed by atoms with Gasteiger partial charge in [-0.25, -0.2) is 0 Å². The van der Waals surface area contributed by atoms with Gasteiger partial charge in [-0.1, -0.05) is 13.8 Å². The van der Waals surface area contributed by atoms with E-state index < -0.39 is 0 Å². The third kappa shape index (κ3) is 4.09. The Bertz CT molecular complexity index is 188. The van der Waals surface area contributed by atoms with E-state index in [9.17, 15) is 4.79 Å². The van der Waals surface area contributed by atoms with Gasteiger partial charge in [0.25, 0.3) is 0 Å². The van der Waals surface area contributed by atoms with E-state index in [4.69, 9.17) is 0 Å². The molecule has 3 heteroatoms. The van der Waals surface area contributed by atoms with Gasteiger partial charge in [0.1, 0.15) is 0 Å². The highest BCUT2D eigenvalue weighted by Crippen LogP contribution is 2.28. The van der Waals surface area contributed by atoms with Crippen molar-refractivity contribution in [3.05, 3.63) is 0 Å². The summed E-state index contributed by atoms with van der Waals surface area (Å²) in [5.74, 6) is 1.22. The Hall–Kier alpha value is -0.570. The number of nitrogens with one attached hydrogen (secondary N) is 2. The highest BCUT2D eigenvalue weighted by molar-refractivity contribution is 5.80. The molecule has 0 heterocycles. The average molecular weight is 198 g/mol. The van der Waals surface area contributed by atoms with Gasteiger partial charge in [-0.15, -0.1) is 0 Å². The lowest BCUT2D eigenvalue weighted by molar-refractivity contribution is -0.122. The smallest absolute Gasteiger partial charge is 0.223 e. The van der Waals surface area contributed by atoms with Gasteiger partial charge in [0.05, 0.1) is 0 Å². The third-order valence-electron chi connectivity index (χ3n) is 2.84. The Kier molecular flexibility index (Phi) is 4.39. The zero-order chi connectivity index (χ0) is 10.6. The fourth-order valence-electron chi connectivity index (χ4n) is 1.21. The molecule has 1 rings (SSSR count). The minimum absolute atomic E-state index is 0.240. The Morgan fingerprint density at radius 1 is 1.29 bits per heavy atom. The Labute approximate surface area is 86.6 Å². The van der Waals surface area contributed by atoms with Crippen LogP contribution in [0, 0.1) is 11.8 Å². The van der Waals surface area contributed by atoms with Crippen LogP contribution in [-0.4, -0.2) is 25.0 Å². The summed E-state index contributed by atoms with van der Waals surface area (Å²) >= 11 is 0.